The van der Waals surface area contributed by atoms with Crippen LogP contribution in [0.4, 0.5) is 0 Å². The molecule has 0 heterocycles. The summed E-state index contributed by atoms with van der Waals surface area (Å²) < 4.78 is 0. The summed E-state index contributed by atoms with van der Waals surface area (Å²) in [6, 6.07) is 9.04. The van der Waals surface area contributed by atoms with E-state index in [1.807, 2.05) is 0 Å². The summed E-state index contributed by atoms with van der Waals surface area (Å²) in [5.74, 6) is 0. The van der Waals surface area contributed by atoms with Crippen molar-refractivity contribution in [3.63, 3.8) is 0 Å². The van der Waals surface area contributed by atoms with Crippen molar-refractivity contribution in [1.29, 1.82) is 0 Å². The molecule has 1 aliphatic rings. The molecule has 28 heavy (non-hydrogen) atoms. The predicted molar refractivity (Wildman–Crippen MR) is 115 cm³/mol. The van der Waals surface area contributed by atoms with Gasteiger partial charge in [0.2, 0.25) is 0 Å². The molecule has 0 aromatic heterocycles. The molecule has 0 unspecified atom stereocenters. The summed E-state index contributed by atoms with van der Waals surface area (Å²) in [7, 11) is 1.08. The number of benzene rings is 2. The third-order valence-electron chi connectivity index (χ3n) is 5.36. The Bertz CT molecular complexity index is 1010. The van der Waals surface area contributed by atoms with Crippen molar-refractivity contribution in [1.82, 2.24) is 0 Å². The summed E-state index contributed by atoms with van der Waals surface area (Å²) >= 11 is 0. The number of halogens is 2. The number of rotatable bonds is 1. The first-order chi connectivity index (χ1) is 12.0. The predicted octanol–water partition coefficient (Wildman–Crippen LogP) is 1.08. The number of hydrogen-bond donors (Lipinski definition) is 0. The summed E-state index contributed by atoms with van der Waals surface area (Å²) in [4.78, 5) is 0. The largest absolute Gasteiger partial charge is 3.00 e. The van der Waals surface area contributed by atoms with Crippen molar-refractivity contribution >= 4 is 36.6 Å². The van der Waals surface area contributed by atoms with Gasteiger partial charge in [0.25, 0.3) is 0 Å². The summed E-state index contributed by atoms with van der Waals surface area (Å²) in [6.45, 7) is 13.4. The monoisotopic (exact) mass is 503 g/mol. The van der Waals surface area contributed by atoms with Crippen LogP contribution in [-0.2, 0) is 26.2 Å². The van der Waals surface area contributed by atoms with Gasteiger partial charge in [-0.15, -0.1) is 33.7 Å². The minimum atomic E-state index is 0. The van der Waals surface area contributed by atoms with Gasteiger partial charge in [-0.2, -0.15) is 0 Å². The molecule has 0 saturated carbocycles. The van der Waals surface area contributed by atoms with Crippen molar-refractivity contribution in [2.24, 2.45) is 0 Å². The Morgan fingerprint density at radius 1 is 0.893 bits per heavy atom. The molecule has 0 amide bonds. The maximum Gasteiger partial charge on any atom is 3.00 e. The first-order valence-electron chi connectivity index (χ1n) is 9.04. The Labute approximate surface area is 204 Å². The van der Waals surface area contributed by atoms with Gasteiger partial charge in [0.05, 0.1) is 0 Å². The molecule has 3 aromatic rings. The van der Waals surface area contributed by atoms with E-state index in [1.165, 1.54) is 54.9 Å². The van der Waals surface area contributed by atoms with Gasteiger partial charge >= 0.3 is 26.2 Å². The molecule has 0 spiro atoms. The van der Waals surface area contributed by atoms with Crippen LogP contribution >= 0.6 is 0 Å². The molecule has 1 aliphatic carbocycles. The average molecular weight is 506 g/mol. The minimum Gasteiger partial charge on any atom is -1.00 e. The van der Waals surface area contributed by atoms with Crippen LogP contribution in [0.3, 0.4) is 0 Å². The molecule has 4 rings (SSSR count). The maximum atomic E-state index is 2.39. The fourth-order valence-corrected chi connectivity index (χ4v) is 4.01. The SMILES string of the molecule is C[Si]C.Cc1c(C)c(C)c2c([cH-]c3cccc(C)c32)c1C1=CC=CC1.[Cl-].[Cl-].[Zr+3]. The van der Waals surface area contributed by atoms with Crippen LogP contribution < -0.4 is 24.8 Å². The molecular weight excluding hydrogens is 478 g/mol. The van der Waals surface area contributed by atoms with Gasteiger partial charge in [-0.3, -0.25) is 0 Å². The van der Waals surface area contributed by atoms with Crippen LogP contribution in [0, 0.1) is 27.7 Å². The van der Waals surface area contributed by atoms with E-state index in [1.54, 1.807) is 0 Å². The number of hydrogen-bond acceptors (Lipinski definition) is 0. The fourth-order valence-electron chi connectivity index (χ4n) is 4.01. The van der Waals surface area contributed by atoms with Crippen LogP contribution in [0.2, 0.25) is 13.1 Å². The quantitative estimate of drug-likeness (QED) is 0.343. The molecular formula is C24H27Cl2SiZr. The molecule has 0 nitrogen and oxygen atoms in total. The second kappa shape index (κ2) is 11.6. The van der Waals surface area contributed by atoms with Crippen LogP contribution in [-0.4, -0.2) is 9.52 Å². The topological polar surface area (TPSA) is 0 Å². The first-order valence-corrected chi connectivity index (χ1v) is 11.0. The molecule has 0 N–H and O–H groups in total. The fraction of sp³-hybridized carbons (Fsp3) is 0.292. The second-order valence-corrected chi connectivity index (χ2v) is 8.05. The van der Waals surface area contributed by atoms with Crippen LogP contribution in [0.5, 0.6) is 0 Å². The summed E-state index contributed by atoms with van der Waals surface area (Å²) in [6.07, 6.45) is 7.77. The smallest absolute Gasteiger partial charge is 1.00 e. The molecule has 4 heteroatoms. The third kappa shape index (κ3) is 4.78. The van der Waals surface area contributed by atoms with E-state index in [-0.39, 0.29) is 51.0 Å². The van der Waals surface area contributed by atoms with Gasteiger partial charge in [-0.1, -0.05) is 76.8 Å². The zero-order valence-corrected chi connectivity index (χ0v) is 22.5. The van der Waals surface area contributed by atoms with Crippen molar-refractivity contribution < 1.29 is 51.0 Å². The van der Waals surface area contributed by atoms with E-state index in [0.29, 0.717) is 0 Å². The molecule has 0 saturated heterocycles. The van der Waals surface area contributed by atoms with Crippen LogP contribution in [0.25, 0.3) is 27.1 Å². The third-order valence-corrected chi connectivity index (χ3v) is 5.36. The molecule has 0 atom stereocenters. The molecule has 0 fully saturated rings. The van der Waals surface area contributed by atoms with E-state index in [9.17, 15) is 0 Å². The molecule has 0 aliphatic heterocycles. The number of allylic oxidation sites excluding steroid dienone is 4. The van der Waals surface area contributed by atoms with E-state index in [4.69, 9.17) is 0 Å². The zero-order chi connectivity index (χ0) is 18.1. The van der Waals surface area contributed by atoms with E-state index in [2.05, 4.69) is 83.3 Å². The standard InChI is InChI=1S/C22H21.C2H6Si.2ClH.Zr/c1-13-8-7-11-18-12-19-21(17-9-5-6-10-17)15(3)14(2)16(4)22(19)20(13)18;1-3-2;;;/h5-9,11-12H,10H2,1-4H3;1-2H3;2*1H;/q-1;;;;+3/p-2. The Hall–Kier alpha value is -0.530. The van der Waals surface area contributed by atoms with Crippen molar-refractivity contribution in [2.75, 3.05) is 0 Å². The van der Waals surface area contributed by atoms with Gasteiger partial charge in [-0.05, 0) is 34.1 Å². The Morgan fingerprint density at radius 2 is 1.54 bits per heavy atom. The maximum absolute atomic E-state index is 2.39. The zero-order valence-electron chi connectivity index (χ0n) is 17.5. The van der Waals surface area contributed by atoms with E-state index in [0.717, 1.165) is 15.9 Å². The Morgan fingerprint density at radius 3 is 2.11 bits per heavy atom. The van der Waals surface area contributed by atoms with E-state index >= 15 is 0 Å². The molecule has 0 bridgehead atoms. The molecule has 145 valence electrons. The minimum absolute atomic E-state index is 0. The summed E-state index contributed by atoms with van der Waals surface area (Å²) in [5, 5.41) is 5.70. The Balaban J connectivity index is 0.00000115. The van der Waals surface area contributed by atoms with Gasteiger partial charge < -0.3 is 24.8 Å². The van der Waals surface area contributed by atoms with Crippen LogP contribution in [0.1, 0.15) is 34.2 Å². The Kier molecular flexibility index (Phi) is 11.4. The second-order valence-electron chi connectivity index (χ2n) is 7.05. The summed E-state index contributed by atoms with van der Waals surface area (Å²) in [5.41, 5.74) is 8.60. The van der Waals surface area contributed by atoms with Crippen LogP contribution in [0.15, 0.2) is 42.5 Å². The van der Waals surface area contributed by atoms with Gasteiger partial charge in [-0.25, -0.2) is 0 Å². The normalized spacial score (nSPS) is 11.9. The first kappa shape index (κ1) is 27.5. The van der Waals surface area contributed by atoms with Crippen molar-refractivity contribution in [3.05, 3.63) is 70.3 Å². The molecule has 3 aromatic carbocycles. The van der Waals surface area contributed by atoms with Gasteiger partial charge in [0.15, 0.2) is 0 Å². The number of aryl methyl sites for hydroxylation is 2. The van der Waals surface area contributed by atoms with Crippen molar-refractivity contribution in [3.8, 4) is 0 Å². The average Bonchev–Trinajstić information content (AvgIpc) is 3.22. The van der Waals surface area contributed by atoms with E-state index < -0.39 is 0 Å². The molecule has 3 radical (unpaired) electrons. The van der Waals surface area contributed by atoms with Gasteiger partial charge in [0.1, 0.15) is 0 Å². The van der Waals surface area contributed by atoms with Gasteiger partial charge in [0, 0.05) is 9.52 Å². The number of fused-ring (bicyclic) bond motifs is 3. The van der Waals surface area contributed by atoms with Crippen molar-refractivity contribution in [2.45, 2.75) is 47.2 Å².